The number of nitriles is 2. The summed E-state index contributed by atoms with van der Waals surface area (Å²) in [4.78, 5) is 27.3. The first-order chi connectivity index (χ1) is 14.3. The monoisotopic (exact) mass is 415 g/mol. The predicted octanol–water partition coefficient (Wildman–Crippen LogP) is 4.01. The van der Waals surface area contributed by atoms with Gasteiger partial charge in [0.15, 0.2) is 17.0 Å². The number of hydrogen-bond acceptors (Lipinski definition) is 8. The number of carbonyl (C=O) groups excluding carboxylic acids is 1. The summed E-state index contributed by atoms with van der Waals surface area (Å²) in [5, 5.41) is 19.0. The molecule has 1 aromatic carbocycles. The molecule has 0 N–H and O–H groups in total. The van der Waals surface area contributed by atoms with Crippen LogP contribution in [0.1, 0.15) is 56.4 Å². The number of carbonyl (C=O) groups is 1. The Kier molecular flexibility index (Phi) is 3.69. The molecule has 2 unspecified atom stereocenters. The summed E-state index contributed by atoms with van der Waals surface area (Å²) in [6.07, 6.45) is 1.35. The lowest BCUT2D eigenvalue weighted by atomic mass is 9.64. The SMILES string of the molecule is CC12CCC(C(=O)Sc3nc4ccccc4o3)(c3nc(C#N)c(C#N)nc31)C2(C)C. The maximum absolute atomic E-state index is 13.8. The molecule has 30 heavy (non-hydrogen) atoms. The smallest absolute Gasteiger partial charge is 0.264 e. The van der Waals surface area contributed by atoms with E-state index in [0.29, 0.717) is 28.9 Å². The van der Waals surface area contributed by atoms with Crippen LogP contribution in [-0.4, -0.2) is 20.1 Å². The highest BCUT2D eigenvalue weighted by atomic mass is 32.2. The van der Waals surface area contributed by atoms with E-state index < -0.39 is 16.2 Å². The molecule has 3 aromatic rings. The zero-order valence-corrected chi connectivity index (χ0v) is 17.5. The summed E-state index contributed by atoms with van der Waals surface area (Å²) in [7, 11) is 0. The van der Waals surface area contributed by atoms with Crippen LogP contribution < -0.4 is 0 Å². The van der Waals surface area contributed by atoms with E-state index in [0.717, 1.165) is 18.2 Å². The van der Waals surface area contributed by atoms with Crippen molar-refractivity contribution in [1.82, 2.24) is 15.0 Å². The number of benzene rings is 1. The molecule has 7 nitrogen and oxygen atoms in total. The summed E-state index contributed by atoms with van der Waals surface area (Å²) in [6, 6.07) is 11.3. The van der Waals surface area contributed by atoms with Gasteiger partial charge in [0.25, 0.3) is 5.22 Å². The van der Waals surface area contributed by atoms with Gasteiger partial charge in [0, 0.05) is 17.2 Å². The van der Waals surface area contributed by atoms with Crippen molar-refractivity contribution in [3.8, 4) is 12.1 Å². The topological polar surface area (TPSA) is 116 Å². The molecule has 5 rings (SSSR count). The molecule has 0 amide bonds. The fourth-order valence-corrected chi connectivity index (χ4v) is 6.21. The van der Waals surface area contributed by atoms with Gasteiger partial charge in [-0.3, -0.25) is 4.79 Å². The van der Waals surface area contributed by atoms with Gasteiger partial charge in [0.2, 0.25) is 5.12 Å². The number of thioether (sulfide) groups is 1. The number of oxazole rings is 1. The molecule has 1 fully saturated rings. The number of para-hydroxylation sites is 2. The number of fused-ring (bicyclic) bond motifs is 6. The van der Waals surface area contributed by atoms with Crippen molar-refractivity contribution in [3.05, 3.63) is 47.0 Å². The second kappa shape index (κ2) is 5.90. The highest BCUT2D eigenvalue weighted by molar-refractivity contribution is 8.13. The Hall–Kier alpha value is -3.23. The van der Waals surface area contributed by atoms with Crippen LogP contribution in [0.5, 0.6) is 0 Å². The molecule has 1 saturated carbocycles. The fourth-order valence-electron chi connectivity index (χ4n) is 5.15. The van der Waals surface area contributed by atoms with Crippen molar-refractivity contribution < 1.29 is 9.21 Å². The van der Waals surface area contributed by atoms with Crippen LogP contribution in [0.15, 0.2) is 33.9 Å². The summed E-state index contributed by atoms with van der Waals surface area (Å²) < 4.78 is 5.76. The molecule has 0 saturated heterocycles. The second-order valence-electron chi connectivity index (χ2n) is 8.54. The normalized spacial score (nSPS) is 25.6. The van der Waals surface area contributed by atoms with Crippen LogP contribution in [0.4, 0.5) is 0 Å². The molecule has 8 heteroatoms. The van der Waals surface area contributed by atoms with Gasteiger partial charge in [-0.15, -0.1) is 0 Å². The van der Waals surface area contributed by atoms with Crippen molar-refractivity contribution in [3.63, 3.8) is 0 Å². The number of aromatic nitrogens is 3. The molecule has 2 aliphatic carbocycles. The maximum atomic E-state index is 13.8. The van der Waals surface area contributed by atoms with Crippen molar-refractivity contribution in [1.29, 1.82) is 10.5 Å². The van der Waals surface area contributed by atoms with Crippen LogP contribution in [0, 0.1) is 28.1 Å². The summed E-state index contributed by atoms with van der Waals surface area (Å²) in [5.41, 5.74) is 0.597. The number of nitrogens with zero attached hydrogens (tertiary/aromatic N) is 5. The molecular weight excluding hydrogens is 398 g/mol. The molecule has 2 atom stereocenters. The first-order valence-electron chi connectivity index (χ1n) is 9.59. The van der Waals surface area contributed by atoms with Crippen LogP contribution >= 0.6 is 11.8 Å². The van der Waals surface area contributed by atoms with Gasteiger partial charge in [0.05, 0.1) is 16.8 Å². The highest BCUT2D eigenvalue weighted by Crippen LogP contribution is 2.71. The summed E-state index contributed by atoms with van der Waals surface area (Å²) in [5.74, 6) is 0. The van der Waals surface area contributed by atoms with Crippen LogP contribution in [-0.2, 0) is 15.6 Å². The van der Waals surface area contributed by atoms with Crippen molar-refractivity contribution in [2.24, 2.45) is 5.41 Å². The van der Waals surface area contributed by atoms with Gasteiger partial charge in [-0.05, 0) is 30.4 Å². The average molecular weight is 415 g/mol. The Morgan fingerprint density at radius 1 is 1.03 bits per heavy atom. The van der Waals surface area contributed by atoms with E-state index >= 15 is 0 Å². The lowest BCUT2D eigenvalue weighted by Crippen LogP contribution is -2.44. The van der Waals surface area contributed by atoms with Gasteiger partial charge in [-0.2, -0.15) is 10.5 Å². The fraction of sp³-hybridized carbons (Fsp3) is 0.364. The third-order valence-corrected chi connectivity index (χ3v) is 8.17. The van der Waals surface area contributed by atoms with Crippen LogP contribution in [0.2, 0.25) is 0 Å². The van der Waals surface area contributed by atoms with E-state index in [-0.39, 0.29) is 21.7 Å². The molecule has 2 heterocycles. The standard InChI is InChI=1S/C22H17N5O2S/c1-20(2)21(3)8-9-22(20,17-16(21)25-13(10-23)14(11-24)26-17)18(28)30-19-27-12-6-4-5-7-15(12)29-19/h4-7H,8-9H2,1-3H3. The Morgan fingerprint density at radius 3 is 2.37 bits per heavy atom. The summed E-state index contributed by atoms with van der Waals surface area (Å²) in [6.45, 7) is 6.16. The van der Waals surface area contributed by atoms with E-state index in [2.05, 4.69) is 21.9 Å². The largest absolute Gasteiger partial charge is 0.431 e. The van der Waals surface area contributed by atoms with E-state index in [9.17, 15) is 15.3 Å². The molecule has 0 spiro atoms. The number of rotatable bonds is 2. The first-order valence-corrected chi connectivity index (χ1v) is 10.4. The molecule has 2 aliphatic rings. The van der Waals surface area contributed by atoms with Crippen LogP contribution in [0.25, 0.3) is 11.1 Å². The molecule has 2 bridgehead atoms. The molecule has 0 aliphatic heterocycles. The maximum Gasteiger partial charge on any atom is 0.264 e. The predicted molar refractivity (Wildman–Crippen MR) is 108 cm³/mol. The Morgan fingerprint density at radius 2 is 1.70 bits per heavy atom. The molecule has 0 radical (unpaired) electrons. The number of hydrogen-bond donors (Lipinski definition) is 0. The van der Waals surface area contributed by atoms with E-state index in [4.69, 9.17) is 4.42 Å². The second-order valence-corrected chi connectivity index (χ2v) is 9.47. The molecule has 2 aromatic heterocycles. The Bertz CT molecular complexity index is 1300. The van der Waals surface area contributed by atoms with Gasteiger partial charge in [-0.1, -0.05) is 32.9 Å². The van der Waals surface area contributed by atoms with Gasteiger partial charge >= 0.3 is 0 Å². The van der Waals surface area contributed by atoms with Crippen LogP contribution in [0.3, 0.4) is 0 Å². The van der Waals surface area contributed by atoms with Gasteiger partial charge in [0.1, 0.15) is 17.7 Å². The highest BCUT2D eigenvalue weighted by Gasteiger charge is 2.73. The molecule has 148 valence electrons. The minimum Gasteiger partial charge on any atom is -0.431 e. The van der Waals surface area contributed by atoms with Crippen molar-refractivity contribution in [2.45, 2.75) is 49.7 Å². The first kappa shape index (κ1) is 18.8. The lowest BCUT2D eigenvalue weighted by Gasteiger charge is -2.39. The van der Waals surface area contributed by atoms with Crippen molar-refractivity contribution in [2.75, 3.05) is 0 Å². The van der Waals surface area contributed by atoms with E-state index in [1.54, 1.807) is 0 Å². The third kappa shape index (κ3) is 2.04. The van der Waals surface area contributed by atoms with Gasteiger partial charge in [-0.25, -0.2) is 15.0 Å². The minimum atomic E-state index is -0.936. The summed E-state index contributed by atoms with van der Waals surface area (Å²) >= 11 is 0.972. The Balaban J connectivity index is 1.66. The van der Waals surface area contributed by atoms with Crippen molar-refractivity contribution >= 4 is 28.0 Å². The minimum absolute atomic E-state index is 0.00929. The lowest BCUT2D eigenvalue weighted by molar-refractivity contribution is -0.119. The van der Waals surface area contributed by atoms with E-state index in [1.807, 2.05) is 50.3 Å². The van der Waals surface area contributed by atoms with E-state index in [1.165, 1.54) is 0 Å². The third-order valence-electron chi connectivity index (χ3n) is 7.28. The Labute approximate surface area is 177 Å². The molecular formula is C22H17N5O2S. The zero-order chi connectivity index (χ0) is 21.3. The van der Waals surface area contributed by atoms with Gasteiger partial charge < -0.3 is 4.42 Å². The average Bonchev–Trinajstić information content (AvgIpc) is 3.28. The quantitative estimate of drug-likeness (QED) is 0.576. The zero-order valence-electron chi connectivity index (χ0n) is 16.7.